The first-order valence-corrected chi connectivity index (χ1v) is 7.66. The van der Waals surface area contributed by atoms with E-state index < -0.39 is 0 Å². The summed E-state index contributed by atoms with van der Waals surface area (Å²) < 4.78 is 0. The van der Waals surface area contributed by atoms with E-state index in [9.17, 15) is 9.59 Å². The molecule has 0 unspecified atom stereocenters. The van der Waals surface area contributed by atoms with Crippen LogP contribution in [0.2, 0.25) is 0 Å². The number of amides is 1. The van der Waals surface area contributed by atoms with E-state index in [1.807, 2.05) is 19.1 Å². The minimum Gasteiger partial charge on any atom is -0.368 e. The minimum atomic E-state index is -0.180. The molecule has 0 spiro atoms. The number of carbonyl (C=O) groups excluding carboxylic acids is 1. The van der Waals surface area contributed by atoms with Crippen molar-refractivity contribution in [2.75, 3.05) is 18.4 Å². The number of H-pyrrole nitrogens is 1. The van der Waals surface area contributed by atoms with Gasteiger partial charge in [-0.3, -0.25) is 9.59 Å². The first-order valence-electron chi connectivity index (χ1n) is 7.66. The van der Waals surface area contributed by atoms with Gasteiger partial charge in [-0.25, -0.2) is 5.10 Å². The van der Waals surface area contributed by atoms with Crippen LogP contribution in [0.4, 0.5) is 5.82 Å². The number of rotatable bonds is 6. The summed E-state index contributed by atoms with van der Waals surface area (Å²) in [5.41, 5.74) is 0.835. The van der Waals surface area contributed by atoms with Crippen LogP contribution < -0.4 is 16.2 Å². The van der Waals surface area contributed by atoms with Gasteiger partial charge in [0.05, 0.1) is 5.39 Å². The molecule has 0 atom stereocenters. The van der Waals surface area contributed by atoms with Crippen LogP contribution in [-0.2, 0) is 4.79 Å². The molecule has 6 nitrogen and oxygen atoms in total. The number of aromatic nitrogens is 2. The minimum absolute atomic E-state index is 0.170. The third kappa shape index (κ3) is 3.10. The predicted molar refractivity (Wildman–Crippen MR) is 85.9 cm³/mol. The fourth-order valence-electron chi connectivity index (χ4n) is 2.52. The number of aryl methyl sites for hydroxylation is 1. The van der Waals surface area contributed by atoms with Crippen LogP contribution >= 0.6 is 0 Å². The van der Waals surface area contributed by atoms with Gasteiger partial charge >= 0.3 is 0 Å². The Bertz CT molecular complexity index is 749. The average Bonchev–Trinajstić information content (AvgIpc) is 3.34. The van der Waals surface area contributed by atoms with Gasteiger partial charge in [0, 0.05) is 24.4 Å². The predicted octanol–water partition coefficient (Wildman–Crippen LogP) is 1.56. The van der Waals surface area contributed by atoms with E-state index >= 15 is 0 Å². The van der Waals surface area contributed by atoms with Crippen LogP contribution in [0, 0.1) is 12.8 Å². The van der Waals surface area contributed by atoms with Crippen LogP contribution in [0.3, 0.4) is 0 Å². The molecular formula is C16H20N4O2. The van der Waals surface area contributed by atoms with E-state index in [4.69, 9.17) is 0 Å². The molecule has 3 rings (SSSR count). The van der Waals surface area contributed by atoms with Crippen molar-refractivity contribution in [1.82, 2.24) is 15.5 Å². The maximum absolute atomic E-state index is 11.8. The highest BCUT2D eigenvalue weighted by Crippen LogP contribution is 2.28. The van der Waals surface area contributed by atoms with Gasteiger partial charge in [0.25, 0.3) is 5.56 Å². The Morgan fingerprint density at radius 1 is 1.36 bits per heavy atom. The molecule has 1 aliphatic carbocycles. The van der Waals surface area contributed by atoms with Gasteiger partial charge in [0.1, 0.15) is 0 Å². The van der Waals surface area contributed by atoms with Crippen molar-refractivity contribution in [3.8, 4) is 0 Å². The number of fused-ring (bicyclic) bond motifs is 1. The number of nitrogens with one attached hydrogen (secondary N) is 3. The number of nitrogens with zero attached hydrogens (tertiary/aromatic N) is 1. The Morgan fingerprint density at radius 3 is 2.95 bits per heavy atom. The monoisotopic (exact) mass is 300 g/mol. The lowest BCUT2D eigenvalue weighted by Crippen LogP contribution is -2.27. The first-order chi connectivity index (χ1) is 10.7. The molecule has 0 saturated heterocycles. The zero-order valence-corrected chi connectivity index (χ0v) is 12.6. The Labute approximate surface area is 128 Å². The van der Waals surface area contributed by atoms with Crippen molar-refractivity contribution in [2.45, 2.75) is 26.2 Å². The molecule has 3 N–H and O–H groups in total. The van der Waals surface area contributed by atoms with Gasteiger partial charge in [0.15, 0.2) is 5.82 Å². The largest absolute Gasteiger partial charge is 0.368 e. The topological polar surface area (TPSA) is 86.9 Å². The maximum Gasteiger partial charge on any atom is 0.272 e. The lowest BCUT2D eigenvalue weighted by molar-refractivity contribution is -0.122. The molecule has 1 amide bonds. The molecule has 1 aromatic heterocycles. The number of hydrogen-bond acceptors (Lipinski definition) is 4. The van der Waals surface area contributed by atoms with Crippen LogP contribution in [-0.4, -0.2) is 29.2 Å². The second-order valence-corrected chi connectivity index (χ2v) is 5.74. The third-order valence-corrected chi connectivity index (χ3v) is 3.92. The highest BCUT2D eigenvalue weighted by molar-refractivity contribution is 5.93. The molecule has 2 aromatic rings. The van der Waals surface area contributed by atoms with Crippen molar-refractivity contribution in [2.24, 2.45) is 5.92 Å². The summed E-state index contributed by atoms with van der Waals surface area (Å²) in [7, 11) is 0. The van der Waals surface area contributed by atoms with Gasteiger partial charge in [-0.1, -0.05) is 12.1 Å². The fraction of sp³-hybridized carbons (Fsp3) is 0.438. The zero-order valence-electron chi connectivity index (χ0n) is 12.6. The Hall–Kier alpha value is -2.37. The Balaban J connectivity index is 1.60. The molecule has 6 heteroatoms. The molecule has 0 aliphatic heterocycles. The lowest BCUT2D eigenvalue weighted by atomic mass is 10.1. The smallest absolute Gasteiger partial charge is 0.272 e. The van der Waals surface area contributed by atoms with E-state index in [0.29, 0.717) is 24.3 Å². The van der Waals surface area contributed by atoms with E-state index in [-0.39, 0.29) is 17.4 Å². The maximum atomic E-state index is 11.8. The Kier molecular flexibility index (Phi) is 4.09. The van der Waals surface area contributed by atoms with Gasteiger partial charge in [-0.05, 0) is 37.8 Å². The van der Waals surface area contributed by atoms with Gasteiger partial charge < -0.3 is 10.6 Å². The normalized spacial score (nSPS) is 14.0. The van der Waals surface area contributed by atoms with E-state index in [2.05, 4.69) is 20.8 Å². The summed E-state index contributed by atoms with van der Waals surface area (Å²) in [5, 5.41) is 14.3. The Morgan fingerprint density at radius 2 is 2.18 bits per heavy atom. The molecule has 1 aliphatic rings. The summed E-state index contributed by atoms with van der Waals surface area (Å²) in [6.07, 6.45) is 2.86. The summed E-state index contributed by atoms with van der Waals surface area (Å²) in [6, 6.07) is 5.62. The van der Waals surface area contributed by atoms with Crippen molar-refractivity contribution in [3.05, 3.63) is 34.1 Å². The molecule has 0 radical (unpaired) electrons. The molecule has 22 heavy (non-hydrogen) atoms. The second kappa shape index (κ2) is 6.17. The molecule has 0 bridgehead atoms. The van der Waals surface area contributed by atoms with Crippen molar-refractivity contribution in [1.29, 1.82) is 0 Å². The number of aromatic amines is 1. The van der Waals surface area contributed by atoms with Gasteiger partial charge in [-0.2, -0.15) is 5.10 Å². The quantitative estimate of drug-likeness (QED) is 0.707. The van der Waals surface area contributed by atoms with Crippen LogP contribution in [0.1, 0.15) is 24.8 Å². The molecule has 1 saturated carbocycles. The van der Waals surface area contributed by atoms with Crippen LogP contribution in [0.15, 0.2) is 23.0 Å². The number of anilines is 1. The molecule has 1 aromatic carbocycles. The summed E-state index contributed by atoms with van der Waals surface area (Å²) in [4.78, 5) is 23.3. The number of hydrogen-bond donors (Lipinski definition) is 3. The highest BCUT2D eigenvalue weighted by Gasteiger charge is 2.28. The van der Waals surface area contributed by atoms with Gasteiger partial charge in [-0.15, -0.1) is 0 Å². The fourth-order valence-corrected chi connectivity index (χ4v) is 2.52. The van der Waals surface area contributed by atoms with E-state index in [0.717, 1.165) is 30.2 Å². The second-order valence-electron chi connectivity index (χ2n) is 5.74. The highest BCUT2D eigenvalue weighted by atomic mass is 16.2. The summed E-state index contributed by atoms with van der Waals surface area (Å²) in [5.74, 6) is 1.10. The number of carbonyl (C=O) groups is 1. The molecular weight excluding hydrogens is 280 g/mol. The van der Waals surface area contributed by atoms with E-state index in [1.165, 1.54) is 0 Å². The molecule has 1 fully saturated rings. The van der Waals surface area contributed by atoms with Crippen LogP contribution in [0.5, 0.6) is 0 Å². The van der Waals surface area contributed by atoms with E-state index in [1.54, 1.807) is 6.07 Å². The third-order valence-electron chi connectivity index (χ3n) is 3.92. The summed E-state index contributed by atoms with van der Waals surface area (Å²) in [6.45, 7) is 3.31. The molecule has 1 heterocycles. The first kappa shape index (κ1) is 14.6. The standard InChI is InChI=1S/C16H20N4O2/c1-10-4-2-5-12-13(10)14(19-20-16(12)22)17-8-3-9-18-15(21)11-6-7-11/h2,4-5,11H,3,6-9H2,1H3,(H,17,19)(H,18,21)(H,20,22). The van der Waals surface area contributed by atoms with Crippen molar-refractivity contribution < 1.29 is 4.79 Å². The SMILES string of the molecule is Cc1cccc2c(=O)[nH]nc(NCCCNC(=O)C3CC3)c12. The average molecular weight is 300 g/mol. The van der Waals surface area contributed by atoms with Crippen molar-refractivity contribution in [3.63, 3.8) is 0 Å². The zero-order chi connectivity index (χ0) is 15.5. The van der Waals surface area contributed by atoms with Crippen molar-refractivity contribution >= 4 is 22.5 Å². The summed E-state index contributed by atoms with van der Waals surface area (Å²) >= 11 is 0. The van der Waals surface area contributed by atoms with Gasteiger partial charge in [0.2, 0.25) is 5.91 Å². The molecule has 116 valence electrons. The number of benzene rings is 1. The lowest BCUT2D eigenvalue weighted by Gasteiger charge is -2.10. The van der Waals surface area contributed by atoms with Crippen LogP contribution in [0.25, 0.3) is 10.8 Å².